The number of esters is 3. The molecule has 2 heterocycles. The van der Waals surface area contributed by atoms with Crippen LogP contribution in [-0.4, -0.2) is 60.1 Å². The molecule has 0 saturated carbocycles. The second kappa shape index (κ2) is 7.49. The summed E-state index contributed by atoms with van der Waals surface area (Å²) in [6.07, 6.45) is -2.04. The van der Waals surface area contributed by atoms with Gasteiger partial charge >= 0.3 is 17.9 Å². The number of rotatable bonds is 3. The molecule has 164 valence electrons. The van der Waals surface area contributed by atoms with Crippen LogP contribution in [0.5, 0.6) is 17.2 Å². The lowest BCUT2D eigenvalue weighted by Crippen LogP contribution is -2.60. The fraction of sp³-hybridized carbons (Fsp3) is 0.400. The Kier molecular flexibility index (Phi) is 4.96. The highest BCUT2D eigenvalue weighted by molar-refractivity contribution is 6.07. The average Bonchev–Trinajstić information content (AvgIpc) is 3.13. The molecule has 3 aliphatic rings. The number of carbonyl (C=O) groups is 4. The number of benzene rings is 1. The second-order valence-electron chi connectivity index (χ2n) is 7.18. The highest BCUT2D eigenvalue weighted by Crippen LogP contribution is 2.49. The SMILES string of the molecule is CC(=O)OC1C=C2c3cc4c(c(O)c3C(=O)NC2[C@H](OC(C)=O)[C@@H]1OC(C)=O)OCO4. The lowest BCUT2D eigenvalue weighted by Gasteiger charge is -2.42. The molecule has 1 aromatic rings. The number of nitrogens with one attached hydrogen (secondary N) is 1. The van der Waals surface area contributed by atoms with Crippen LogP contribution in [0.15, 0.2) is 12.1 Å². The molecule has 0 aromatic heterocycles. The van der Waals surface area contributed by atoms with Gasteiger partial charge < -0.3 is 34.1 Å². The van der Waals surface area contributed by atoms with Crippen molar-refractivity contribution in [2.24, 2.45) is 0 Å². The van der Waals surface area contributed by atoms with Gasteiger partial charge in [-0.15, -0.1) is 0 Å². The summed E-state index contributed by atoms with van der Waals surface area (Å²) in [5, 5.41) is 13.2. The van der Waals surface area contributed by atoms with Crippen molar-refractivity contribution < 1.29 is 48.0 Å². The van der Waals surface area contributed by atoms with E-state index in [2.05, 4.69) is 5.32 Å². The summed E-state index contributed by atoms with van der Waals surface area (Å²) in [6.45, 7) is 3.36. The number of carbonyl (C=O) groups excluding carboxylic acids is 4. The molecule has 11 heteroatoms. The summed E-state index contributed by atoms with van der Waals surface area (Å²) < 4.78 is 26.6. The minimum absolute atomic E-state index is 0.0367. The Morgan fingerprint density at radius 3 is 2.32 bits per heavy atom. The number of aromatic hydroxyl groups is 1. The van der Waals surface area contributed by atoms with E-state index < -0.39 is 53.9 Å². The number of hydrogen-bond donors (Lipinski definition) is 2. The topological polar surface area (TPSA) is 147 Å². The van der Waals surface area contributed by atoms with Crippen molar-refractivity contribution in [2.45, 2.75) is 45.1 Å². The van der Waals surface area contributed by atoms with Gasteiger partial charge in [-0.2, -0.15) is 0 Å². The zero-order valence-electron chi connectivity index (χ0n) is 16.8. The van der Waals surface area contributed by atoms with Gasteiger partial charge in [-0.25, -0.2) is 0 Å². The standard InChI is InChI=1S/C20H19NO10/c1-7(22)29-13-5-11-10-4-12-17(28-6-27-12)16(25)14(10)20(26)21-15(11)19(31-9(3)24)18(13)30-8(2)23/h4-5,13,15,18-19,25H,6H2,1-3H3,(H,21,26)/t13?,15?,18-,19+/m1/s1. The smallest absolute Gasteiger partial charge is 0.303 e. The van der Waals surface area contributed by atoms with Crippen LogP contribution >= 0.6 is 0 Å². The van der Waals surface area contributed by atoms with E-state index in [1.165, 1.54) is 19.1 Å². The van der Waals surface area contributed by atoms with Crippen LogP contribution in [0.1, 0.15) is 36.7 Å². The van der Waals surface area contributed by atoms with Crippen molar-refractivity contribution in [3.63, 3.8) is 0 Å². The van der Waals surface area contributed by atoms with Gasteiger partial charge in [-0.1, -0.05) is 0 Å². The molecule has 2 N–H and O–H groups in total. The first-order chi connectivity index (χ1) is 14.7. The third kappa shape index (κ3) is 3.51. The molecule has 1 aliphatic carbocycles. The van der Waals surface area contributed by atoms with Gasteiger partial charge in [0.1, 0.15) is 0 Å². The Morgan fingerprint density at radius 1 is 1.03 bits per heavy atom. The van der Waals surface area contributed by atoms with Gasteiger partial charge in [0.15, 0.2) is 29.8 Å². The molecule has 0 radical (unpaired) electrons. The molecule has 1 amide bonds. The van der Waals surface area contributed by atoms with Crippen LogP contribution in [0.3, 0.4) is 0 Å². The molecule has 0 spiro atoms. The van der Waals surface area contributed by atoms with Crippen molar-refractivity contribution >= 4 is 29.4 Å². The Balaban J connectivity index is 1.90. The zero-order chi connectivity index (χ0) is 22.4. The average molecular weight is 433 g/mol. The number of phenols is 1. The van der Waals surface area contributed by atoms with Gasteiger partial charge in [-0.05, 0) is 17.7 Å². The fourth-order valence-electron chi connectivity index (χ4n) is 3.99. The maximum absolute atomic E-state index is 12.9. The molecule has 11 nitrogen and oxygen atoms in total. The molecule has 0 bridgehead atoms. The summed E-state index contributed by atoms with van der Waals surface area (Å²) in [5.74, 6) is -2.85. The van der Waals surface area contributed by atoms with E-state index in [9.17, 15) is 24.3 Å². The van der Waals surface area contributed by atoms with Crippen LogP contribution in [-0.2, 0) is 28.6 Å². The van der Waals surface area contributed by atoms with Crippen molar-refractivity contribution in [3.05, 3.63) is 23.3 Å². The summed E-state index contributed by atoms with van der Waals surface area (Å²) in [7, 11) is 0. The number of amides is 1. The van der Waals surface area contributed by atoms with E-state index >= 15 is 0 Å². The van der Waals surface area contributed by atoms with Crippen molar-refractivity contribution in [1.29, 1.82) is 0 Å². The van der Waals surface area contributed by atoms with Crippen molar-refractivity contribution in [2.75, 3.05) is 6.79 Å². The first-order valence-electron chi connectivity index (χ1n) is 9.37. The maximum atomic E-state index is 12.9. The predicted octanol–water partition coefficient (Wildman–Crippen LogP) is 0.425. The summed E-state index contributed by atoms with van der Waals surface area (Å²) in [4.78, 5) is 48.0. The van der Waals surface area contributed by atoms with E-state index in [0.717, 1.165) is 13.8 Å². The largest absolute Gasteiger partial charge is 0.504 e. The van der Waals surface area contributed by atoms with Crippen LogP contribution in [0.25, 0.3) is 5.57 Å². The molecular weight excluding hydrogens is 414 g/mol. The number of fused-ring (bicyclic) bond motifs is 4. The van der Waals surface area contributed by atoms with Crippen LogP contribution in [0.2, 0.25) is 0 Å². The monoisotopic (exact) mass is 433 g/mol. The van der Waals surface area contributed by atoms with E-state index in [1.54, 1.807) is 0 Å². The Bertz CT molecular complexity index is 1030. The minimum Gasteiger partial charge on any atom is -0.504 e. The normalized spacial score (nSPS) is 25.4. The Hall–Kier alpha value is -3.76. The first-order valence-corrected chi connectivity index (χ1v) is 9.37. The molecule has 31 heavy (non-hydrogen) atoms. The van der Waals surface area contributed by atoms with Gasteiger partial charge in [0.05, 0.1) is 11.6 Å². The molecule has 2 aliphatic heterocycles. The molecule has 0 fully saturated rings. The molecular formula is C20H19NO10. The van der Waals surface area contributed by atoms with Crippen LogP contribution < -0.4 is 14.8 Å². The zero-order valence-corrected chi connectivity index (χ0v) is 16.8. The van der Waals surface area contributed by atoms with Gasteiger partial charge in [0, 0.05) is 26.3 Å². The lowest BCUT2D eigenvalue weighted by molar-refractivity contribution is -0.181. The third-order valence-electron chi connectivity index (χ3n) is 5.02. The van der Waals surface area contributed by atoms with Crippen molar-refractivity contribution in [1.82, 2.24) is 5.32 Å². The van der Waals surface area contributed by atoms with Crippen LogP contribution in [0, 0.1) is 0 Å². The van der Waals surface area contributed by atoms with Gasteiger partial charge in [-0.3, -0.25) is 19.2 Å². The highest BCUT2D eigenvalue weighted by atomic mass is 16.7. The Labute approximate surface area is 175 Å². The number of hydrogen-bond acceptors (Lipinski definition) is 10. The fourth-order valence-corrected chi connectivity index (χ4v) is 3.99. The number of ether oxygens (including phenoxy) is 5. The predicted molar refractivity (Wildman–Crippen MR) is 100 cm³/mol. The van der Waals surface area contributed by atoms with E-state index in [-0.39, 0.29) is 29.4 Å². The summed E-state index contributed by atoms with van der Waals surface area (Å²) in [5.41, 5.74) is 0.607. The molecule has 2 unspecified atom stereocenters. The van der Waals surface area contributed by atoms with E-state index in [4.69, 9.17) is 23.7 Å². The second-order valence-corrected chi connectivity index (χ2v) is 7.18. The Morgan fingerprint density at radius 2 is 1.68 bits per heavy atom. The van der Waals surface area contributed by atoms with E-state index in [0.29, 0.717) is 5.57 Å². The highest BCUT2D eigenvalue weighted by Gasteiger charge is 2.50. The van der Waals surface area contributed by atoms with Gasteiger partial charge in [0.2, 0.25) is 12.5 Å². The molecule has 0 saturated heterocycles. The molecule has 4 atom stereocenters. The van der Waals surface area contributed by atoms with Crippen LogP contribution in [0.4, 0.5) is 0 Å². The molecule has 1 aromatic carbocycles. The van der Waals surface area contributed by atoms with Gasteiger partial charge in [0.25, 0.3) is 5.91 Å². The maximum Gasteiger partial charge on any atom is 0.303 e. The van der Waals surface area contributed by atoms with Crippen molar-refractivity contribution in [3.8, 4) is 17.2 Å². The summed E-state index contributed by atoms with van der Waals surface area (Å²) >= 11 is 0. The minimum atomic E-state index is -1.21. The third-order valence-corrected chi connectivity index (χ3v) is 5.02. The first kappa shape index (κ1) is 20.5. The number of phenolic OH excluding ortho intramolecular Hbond substituents is 1. The summed E-state index contributed by atoms with van der Waals surface area (Å²) in [6, 6.07) is 0.566. The van der Waals surface area contributed by atoms with E-state index in [1.807, 2.05) is 0 Å². The molecule has 4 rings (SSSR count). The lowest BCUT2D eigenvalue weighted by atomic mass is 9.79. The quantitative estimate of drug-likeness (QED) is 0.508.